The molecule has 1 aromatic heterocycles. The maximum absolute atomic E-state index is 6.02. The van der Waals surface area contributed by atoms with E-state index in [-0.39, 0.29) is 6.04 Å². The molecule has 4 nitrogen and oxygen atoms in total. The smallest absolute Gasteiger partial charge is 0.211 e. The summed E-state index contributed by atoms with van der Waals surface area (Å²) >= 11 is 0. The summed E-state index contributed by atoms with van der Waals surface area (Å²) in [6.07, 6.45) is 2.84. The van der Waals surface area contributed by atoms with Gasteiger partial charge in [-0.15, -0.1) is 0 Å². The van der Waals surface area contributed by atoms with Gasteiger partial charge in [0.1, 0.15) is 5.76 Å². The number of oxazole rings is 1. The molecule has 90 valence electrons. The zero-order chi connectivity index (χ0) is 11.7. The van der Waals surface area contributed by atoms with Crippen molar-refractivity contribution in [2.45, 2.75) is 39.3 Å². The summed E-state index contributed by atoms with van der Waals surface area (Å²) in [4.78, 5) is 6.70. The van der Waals surface area contributed by atoms with Gasteiger partial charge in [-0.3, -0.25) is 4.90 Å². The van der Waals surface area contributed by atoms with Crippen LogP contribution in [0, 0.1) is 12.8 Å². The van der Waals surface area contributed by atoms with E-state index in [1.54, 1.807) is 6.20 Å². The quantitative estimate of drug-likeness (QED) is 0.829. The van der Waals surface area contributed by atoms with Crippen molar-refractivity contribution in [3.05, 3.63) is 17.8 Å². The summed E-state index contributed by atoms with van der Waals surface area (Å²) in [5, 5.41) is 0. The highest BCUT2D eigenvalue weighted by molar-refractivity contribution is 4.97. The van der Waals surface area contributed by atoms with Crippen molar-refractivity contribution in [2.24, 2.45) is 11.7 Å². The van der Waals surface area contributed by atoms with Crippen LogP contribution in [0.15, 0.2) is 10.6 Å². The Morgan fingerprint density at radius 3 is 2.94 bits per heavy atom. The second-order valence-electron chi connectivity index (χ2n) is 4.91. The Hall–Kier alpha value is -0.870. The first-order chi connectivity index (χ1) is 7.58. The molecule has 1 fully saturated rings. The monoisotopic (exact) mass is 223 g/mol. The Kier molecular flexibility index (Phi) is 3.30. The summed E-state index contributed by atoms with van der Waals surface area (Å²) in [6.45, 7) is 8.36. The number of nitrogens with two attached hydrogens (primary N) is 1. The first kappa shape index (κ1) is 11.6. The van der Waals surface area contributed by atoms with E-state index in [9.17, 15) is 0 Å². The number of likely N-dealkylation sites (tertiary alicyclic amines) is 1. The molecule has 3 atom stereocenters. The molecule has 0 aliphatic carbocycles. The van der Waals surface area contributed by atoms with E-state index in [0.717, 1.165) is 31.2 Å². The van der Waals surface area contributed by atoms with Crippen molar-refractivity contribution in [3.8, 4) is 0 Å². The average molecular weight is 223 g/mol. The summed E-state index contributed by atoms with van der Waals surface area (Å²) < 4.78 is 5.58. The van der Waals surface area contributed by atoms with Crippen molar-refractivity contribution in [3.63, 3.8) is 0 Å². The van der Waals surface area contributed by atoms with Crippen LogP contribution in [0.25, 0.3) is 0 Å². The lowest BCUT2D eigenvalue weighted by molar-refractivity contribution is 0.109. The molecule has 1 aromatic rings. The molecule has 4 heteroatoms. The second kappa shape index (κ2) is 4.55. The van der Waals surface area contributed by atoms with Crippen molar-refractivity contribution in [1.82, 2.24) is 9.88 Å². The molecule has 0 aromatic carbocycles. The van der Waals surface area contributed by atoms with E-state index in [2.05, 4.69) is 23.7 Å². The average Bonchev–Trinajstić information content (AvgIpc) is 2.68. The lowest BCUT2D eigenvalue weighted by Gasteiger charge is -2.37. The van der Waals surface area contributed by atoms with Crippen LogP contribution in [-0.4, -0.2) is 29.0 Å². The fraction of sp³-hybridized carbons (Fsp3) is 0.750. The maximum Gasteiger partial charge on any atom is 0.211 e. The van der Waals surface area contributed by atoms with E-state index in [1.165, 1.54) is 0 Å². The first-order valence-corrected chi connectivity index (χ1v) is 6.00. The third kappa shape index (κ3) is 2.28. The topological polar surface area (TPSA) is 55.3 Å². The van der Waals surface area contributed by atoms with Crippen LogP contribution in [0.2, 0.25) is 0 Å². The zero-order valence-corrected chi connectivity index (χ0v) is 10.3. The highest BCUT2D eigenvalue weighted by Gasteiger charge is 2.28. The molecule has 1 aliphatic heterocycles. The van der Waals surface area contributed by atoms with E-state index in [0.29, 0.717) is 12.0 Å². The number of nitrogens with zero attached hydrogens (tertiary/aromatic N) is 2. The fourth-order valence-corrected chi connectivity index (χ4v) is 2.27. The SMILES string of the molecule is Cc1cnc(C(C)N2CCC(N)C(C)C2)o1. The van der Waals surface area contributed by atoms with Gasteiger partial charge in [-0.05, 0) is 26.2 Å². The normalized spacial score (nSPS) is 29.2. The number of aromatic nitrogens is 1. The van der Waals surface area contributed by atoms with Crippen molar-refractivity contribution >= 4 is 0 Å². The molecule has 0 bridgehead atoms. The van der Waals surface area contributed by atoms with Gasteiger partial charge in [0, 0.05) is 19.1 Å². The van der Waals surface area contributed by atoms with Crippen LogP contribution in [0.1, 0.15) is 38.0 Å². The molecule has 1 aliphatic rings. The first-order valence-electron chi connectivity index (χ1n) is 6.00. The van der Waals surface area contributed by atoms with Crippen LogP contribution in [0.5, 0.6) is 0 Å². The van der Waals surface area contributed by atoms with Gasteiger partial charge >= 0.3 is 0 Å². The van der Waals surface area contributed by atoms with Gasteiger partial charge < -0.3 is 10.2 Å². The Bertz CT molecular complexity index is 350. The van der Waals surface area contributed by atoms with Gasteiger partial charge in [0.2, 0.25) is 5.89 Å². The van der Waals surface area contributed by atoms with Gasteiger partial charge in [-0.2, -0.15) is 0 Å². The molecule has 0 radical (unpaired) electrons. The minimum atomic E-state index is 0.253. The lowest BCUT2D eigenvalue weighted by atomic mass is 9.94. The zero-order valence-electron chi connectivity index (χ0n) is 10.3. The highest BCUT2D eigenvalue weighted by atomic mass is 16.4. The van der Waals surface area contributed by atoms with Crippen LogP contribution in [0.4, 0.5) is 0 Å². The van der Waals surface area contributed by atoms with Gasteiger partial charge in [-0.1, -0.05) is 6.92 Å². The molecule has 0 amide bonds. The Morgan fingerprint density at radius 2 is 2.38 bits per heavy atom. The molecular formula is C12H21N3O. The van der Waals surface area contributed by atoms with Crippen LogP contribution in [-0.2, 0) is 0 Å². The summed E-state index contributed by atoms with van der Waals surface area (Å²) in [7, 11) is 0. The molecule has 2 N–H and O–H groups in total. The minimum absolute atomic E-state index is 0.253. The fourth-order valence-electron chi connectivity index (χ4n) is 2.27. The summed E-state index contributed by atoms with van der Waals surface area (Å²) in [6, 6.07) is 0.596. The van der Waals surface area contributed by atoms with E-state index in [1.807, 2.05) is 6.92 Å². The van der Waals surface area contributed by atoms with Gasteiger partial charge in [-0.25, -0.2) is 4.98 Å². The van der Waals surface area contributed by atoms with Crippen LogP contribution >= 0.6 is 0 Å². The molecule has 2 heterocycles. The Morgan fingerprint density at radius 1 is 1.62 bits per heavy atom. The Labute approximate surface area is 96.8 Å². The third-order valence-corrected chi connectivity index (χ3v) is 3.55. The van der Waals surface area contributed by atoms with Crippen molar-refractivity contribution in [1.29, 1.82) is 0 Å². The number of hydrogen-bond acceptors (Lipinski definition) is 4. The predicted octanol–water partition coefficient (Wildman–Crippen LogP) is 1.71. The van der Waals surface area contributed by atoms with Gasteiger partial charge in [0.15, 0.2) is 0 Å². The third-order valence-electron chi connectivity index (χ3n) is 3.55. The summed E-state index contributed by atoms with van der Waals surface area (Å²) in [5.41, 5.74) is 6.02. The van der Waals surface area contributed by atoms with Crippen LogP contribution < -0.4 is 5.73 Å². The molecule has 0 saturated carbocycles. The standard InChI is InChI=1S/C12H21N3O/c1-8-7-15(5-4-11(8)13)10(3)12-14-6-9(2)16-12/h6,8,10-11H,4-5,7,13H2,1-3H3. The molecule has 3 unspecified atom stereocenters. The minimum Gasteiger partial charge on any atom is -0.444 e. The number of piperidine rings is 1. The number of rotatable bonds is 2. The molecule has 1 saturated heterocycles. The molecular weight excluding hydrogens is 202 g/mol. The van der Waals surface area contributed by atoms with Gasteiger partial charge in [0.25, 0.3) is 0 Å². The van der Waals surface area contributed by atoms with Crippen molar-refractivity contribution < 1.29 is 4.42 Å². The van der Waals surface area contributed by atoms with Gasteiger partial charge in [0.05, 0.1) is 12.2 Å². The largest absolute Gasteiger partial charge is 0.444 e. The second-order valence-corrected chi connectivity index (χ2v) is 4.91. The number of aryl methyl sites for hydroxylation is 1. The van der Waals surface area contributed by atoms with E-state index in [4.69, 9.17) is 10.2 Å². The van der Waals surface area contributed by atoms with Crippen molar-refractivity contribution in [2.75, 3.05) is 13.1 Å². The van der Waals surface area contributed by atoms with E-state index >= 15 is 0 Å². The van der Waals surface area contributed by atoms with Crippen LogP contribution in [0.3, 0.4) is 0 Å². The van der Waals surface area contributed by atoms with E-state index < -0.39 is 0 Å². The summed E-state index contributed by atoms with van der Waals surface area (Å²) in [5.74, 6) is 2.25. The number of hydrogen-bond donors (Lipinski definition) is 1. The molecule has 16 heavy (non-hydrogen) atoms. The lowest BCUT2D eigenvalue weighted by Crippen LogP contribution is -2.46. The predicted molar refractivity (Wildman–Crippen MR) is 63.0 cm³/mol. The Balaban J connectivity index is 2.02. The molecule has 0 spiro atoms. The maximum atomic E-state index is 6.02. The highest BCUT2D eigenvalue weighted by Crippen LogP contribution is 2.25. The molecule has 2 rings (SSSR count).